The van der Waals surface area contributed by atoms with Crippen molar-refractivity contribution in [1.82, 2.24) is 19.9 Å². The molecule has 0 unspecified atom stereocenters. The van der Waals surface area contributed by atoms with Gasteiger partial charge in [0.2, 0.25) is 0 Å². The Balaban J connectivity index is 0.000000259. The van der Waals surface area contributed by atoms with Crippen LogP contribution in [0.4, 0.5) is 0 Å². The Morgan fingerprint density at radius 3 is 0.800 bits per heavy atom. The summed E-state index contributed by atoms with van der Waals surface area (Å²) in [6.07, 6.45) is 13.9. The van der Waals surface area contributed by atoms with Gasteiger partial charge in [0.1, 0.15) is 0 Å². The van der Waals surface area contributed by atoms with E-state index in [-0.39, 0.29) is 34.1 Å². The van der Waals surface area contributed by atoms with E-state index >= 15 is 0 Å². The first kappa shape index (κ1) is 50.4. The van der Waals surface area contributed by atoms with E-state index in [1.165, 1.54) is 75.8 Å². The molecule has 315 valence electrons. The van der Waals surface area contributed by atoms with Gasteiger partial charge in [-0.15, -0.1) is 0 Å². The largest absolute Gasteiger partial charge is 2.00 e. The summed E-state index contributed by atoms with van der Waals surface area (Å²) in [5.41, 5.74) is 1.96. The van der Waals surface area contributed by atoms with Crippen molar-refractivity contribution in [3.63, 3.8) is 0 Å². The molecule has 9 heteroatoms. The van der Waals surface area contributed by atoms with Crippen LogP contribution in [0, 0.1) is 20.8 Å². The third-order valence-electron chi connectivity index (χ3n) is 9.44. The Bertz CT molecular complexity index is 1930. The Hall–Kier alpha value is -3.93. The van der Waals surface area contributed by atoms with Gasteiger partial charge in [-0.2, -0.15) is 6.42 Å². The van der Waals surface area contributed by atoms with Gasteiger partial charge in [-0.05, 0) is 93.1 Å². The smallest absolute Gasteiger partial charge is 0.450 e. The summed E-state index contributed by atoms with van der Waals surface area (Å²) in [5, 5.41) is 9.12. The fraction of sp³-hybridized carbons (Fsp3) is 0.157. The molecule has 0 N–H and O–H groups in total. The van der Waals surface area contributed by atoms with Crippen molar-refractivity contribution in [2.24, 2.45) is 0 Å². The van der Waals surface area contributed by atoms with E-state index in [1.807, 2.05) is 13.8 Å². The zero-order chi connectivity index (χ0) is 40.5. The molecule has 6 aromatic carbocycles. The van der Waals surface area contributed by atoms with Crippen molar-refractivity contribution in [1.29, 1.82) is 0 Å². The van der Waals surface area contributed by atoms with Crippen LogP contribution in [0.5, 0.6) is 0 Å². The first-order valence-corrected chi connectivity index (χ1v) is 25.2. The predicted molar refractivity (Wildman–Crippen MR) is 260 cm³/mol. The monoisotopic (exact) mass is 944 g/mol. The number of hydrogen-bond donors (Lipinski definition) is 0. The molecule has 0 bridgehead atoms. The normalized spacial score (nSPS) is 10.2. The number of benzene rings is 6. The van der Waals surface area contributed by atoms with E-state index < -0.39 is 23.8 Å². The van der Waals surface area contributed by atoms with Crippen LogP contribution < -0.4 is 41.8 Å². The molecule has 0 saturated heterocycles. The zero-order valence-corrected chi connectivity index (χ0v) is 39.4. The van der Waals surface area contributed by atoms with E-state index in [0.717, 1.165) is 17.8 Å². The number of nitrogens with zero attached hydrogens (tertiary/aromatic N) is 4. The van der Waals surface area contributed by atoms with Crippen LogP contribution in [-0.4, -0.2) is 28.5 Å². The fourth-order valence-corrected chi connectivity index (χ4v) is 14.9. The molecule has 0 fully saturated rings. The summed E-state index contributed by atoms with van der Waals surface area (Å²) in [5.74, 6) is 0. The molecular weight excluding hydrogens is 889 g/mol. The maximum absolute atomic E-state index is 3.96. The van der Waals surface area contributed by atoms with Crippen LogP contribution >= 0.6 is 23.8 Å². The van der Waals surface area contributed by atoms with Gasteiger partial charge < -0.3 is 26.9 Å². The maximum Gasteiger partial charge on any atom is 2.00 e. The van der Waals surface area contributed by atoms with Gasteiger partial charge in [0.15, 0.2) is 0 Å². The molecule has 4 nitrogen and oxygen atoms in total. The first-order chi connectivity index (χ1) is 28.6. The first-order valence-electron chi connectivity index (χ1n) is 20.1. The number of hydrogen-bond acceptors (Lipinski definition) is 2. The second kappa shape index (κ2) is 30.2. The van der Waals surface area contributed by atoms with Crippen molar-refractivity contribution in [2.75, 3.05) is 18.5 Å². The number of rotatable bonds is 13. The van der Waals surface area contributed by atoms with E-state index in [9.17, 15) is 0 Å². The molecule has 0 saturated carbocycles. The van der Waals surface area contributed by atoms with Gasteiger partial charge >= 0.3 is 34.1 Å². The van der Waals surface area contributed by atoms with Gasteiger partial charge in [-0.3, -0.25) is 0 Å². The molecule has 0 aliphatic rings. The molecule has 0 atom stereocenters. The Kier molecular flexibility index (Phi) is 25.3. The summed E-state index contributed by atoms with van der Waals surface area (Å²) in [6.45, 7) is 7.78. The van der Waals surface area contributed by atoms with Crippen LogP contribution in [-0.2, 0) is 34.1 Å². The van der Waals surface area contributed by atoms with E-state index in [2.05, 4.69) is 209 Å². The average Bonchev–Trinajstić information content (AvgIpc) is 4.00. The molecule has 8 rings (SSSR count). The summed E-state index contributed by atoms with van der Waals surface area (Å²) >= 11 is 0. The molecule has 2 aromatic heterocycles. The maximum atomic E-state index is 3.96. The third-order valence-corrected chi connectivity index (χ3v) is 18.2. The minimum absolute atomic E-state index is 0. The fourth-order valence-electron chi connectivity index (χ4n) is 6.54. The SMILES string of the molecule is Cc1cnc[n-]1.Cc1cnc[n-]1.[CH2-]CCC[PH+](c1ccccc1)c1ccccc1.[Cu+2].[Cu+].c1ccc([PH+](CCC[PH+](c2ccccc2)c2ccccc2)c2ccccc2)cc1. The quantitative estimate of drug-likeness (QED) is 0.0658. The zero-order valence-electron chi connectivity index (χ0n) is 34.5. The van der Waals surface area contributed by atoms with Crippen LogP contribution in [0.2, 0.25) is 0 Å². The van der Waals surface area contributed by atoms with Crippen molar-refractivity contribution >= 4 is 55.6 Å². The second-order valence-electron chi connectivity index (χ2n) is 13.8. The molecule has 0 spiro atoms. The summed E-state index contributed by atoms with van der Waals surface area (Å²) in [6, 6.07) is 66.4. The van der Waals surface area contributed by atoms with Crippen molar-refractivity contribution in [3.8, 4) is 0 Å². The average molecular weight is 946 g/mol. The van der Waals surface area contributed by atoms with Crippen molar-refractivity contribution in [2.45, 2.75) is 33.1 Å². The minimum atomic E-state index is -0.742. The van der Waals surface area contributed by atoms with Gasteiger partial charge in [-0.25, -0.2) is 0 Å². The van der Waals surface area contributed by atoms with Crippen LogP contribution in [0.1, 0.15) is 30.7 Å². The molecule has 0 aliphatic carbocycles. The summed E-state index contributed by atoms with van der Waals surface area (Å²) in [4.78, 5) is 15.0. The van der Waals surface area contributed by atoms with Crippen LogP contribution in [0.3, 0.4) is 0 Å². The van der Waals surface area contributed by atoms with Gasteiger partial charge in [0.05, 0.1) is 74.1 Å². The molecule has 2 heterocycles. The topological polar surface area (TPSA) is 54.0 Å². The number of unbranched alkanes of at least 4 members (excludes halogenated alkanes) is 1. The summed E-state index contributed by atoms with van der Waals surface area (Å²) < 4.78 is 0. The molecule has 0 aliphatic heterocycles. The standard InChI is InChI=1S/C27H26P2.C16H18P.2C4H5N2.2Cu/c1-5-14-24(15-6-1)28(25-16-7-2-8-17-25)22-13-23-29(26-18-9-3-10-19-26)27-20-11-4-12-21-27;1-2-3-14-17(15-10-6-4-7-11-15)16-12-8-5-9-13-16;2*1-4-2-5-3-6-4;;/h1-12,14-21H,13,22-23H2;4-13H,1-3,14H2;2*2-3H,1H3;;/q;3*-1;+1;+2/p+3. The molecular formula is C51H57Cu2N4P3+3. The third kappa shape index (κ3) is 18.0. The van der Waals surface area contributed by atoms with E-state index in [1.54, 1.807) is 12.4 Å². The molecule has 1 radical (unpaired) electrons. The Morgan fingerprint density at radius 2 is 0.633 bits per heavy atom. The number of aryl methyl sites for hydroxylation is 2. The van der Waals surface area contributed by atoms with Crippen molar-refractivity contribution in [3.05, 3.63) is 225 Å². The van der Waals surface area contributed by atoms with Crippen LogP contribution in [0.15, 0.2) is 207 Å². The van der Waals surface area contributed by atoms with Gasteiger partial charge in [-0.1, -0.05) is 146 Å². The second-order valence-corrected chi connectivity index (χ2v) is 21.6. The Morgan fingerprint density at radius 1 is 0.400 bits per heavy atom. The van der Waals surface area contributed by atoms with E-state index in [4.69, 9.17) is 0 Å². The van der Waals surface area contributed by atoms with Gasteiger partial charge in [0.25, 0.3) is 0 Å². The number of aromatic nitrogens is 4. The predicted octanol–water partition coefficient (Wildman–Crippen LogP) is 9.26. The van der Waals surface area contributed by atoms with E-state index in [0.29, 0.717) is 0 Å². The number of imidazole rings is 2. The Labute approximate surface area is 384 Å². The van der Waals surface area contributed by atoms with Gasteiger partial charge in [0, 0.05) is 6.42 Å². The molecule has 8 aromatic rings. The van der Waals surface area contributed by atoms with Crippen LogP contribution in [0.25, 0.3) is 0 Å². The molecule has 60 heavy (non-hydrogen) atoms. The minimum Gasteiger partial charge on any atom is -0.450 e. The van der Waals surface area contributed by atoms with Crippen molar-refractivity contribution < 1.29 is 34.1 Å². The molecule has 0 amide bonds. The summed E-state index contributed by atoms with van der Waals surface area (Å²) in [7, 11) is -2.09.